The fourth-order valence-corrected chi connectivity index (χ4v) is 4.77. The van der Waals surface area contributed by atoms with Gasteiger partial charge in [0.05, 0.1) is 16.9 Å². The Morgan fingerprint density at radius 1 is 1.03 bits per heavy atom. The molecule has 0 bridgehead atoms. The van der Waals surface area contributed by atoms with E-state index >= 15 is 0 Å². The van der Waals surface area contributed by atoms with Gasteiger partial charge in [0.15, 0.2) is 0 Å². The van der Waals surface area contributed by atoms with Gasteiger partial charge in [0, 0.05) is 24.1 Å². The average Bonchev–Trinajstić information content (AvgIpc) is 2.82. The molecule has 34 heavy (non-hydrogen) atoms. The number of nitrogens with one attached hydrogen (secondary N) is 1. The Morgan fingerprint density at radius 3 is 2.24 bits per heavy atom. The molecule has 178 valence electrons. The zero-order chi connectivity index (χ0) is 24.6. The monoisotopic (exact) mass is 477 g/mol. The molecular weight excluding hydrogens is 446 g/mol. The standard InChI is InChI=1S/C28H32ClN3O2/c1-19(2)20-10-12-22(13-11-20)28(34,26(3)17-30-18-26)23-14-24(32-31-16-23)15-25(29)27(4,33)21-8-6-5-7-9-21/h5-16,19,30,33-34H,17-18H2,1-4H3/t27?,28-/m0/s1. The summed E-state index contributed by atoms with van der Waals surface area (Å²) in [6, 6.07) is 19.2. The first-order valence-electron chi connectivity index (χ1n) is 11.6. The Labute approximate surface area is 206 Å². The van der Waals surface area contributed by atoms with E-state index < -0.39 is 16.6 Å². The zero-order valence-electron chi connectivity index (χ0n) is 20.1. The van der Waals surface area contributed by atoms with Gasteiger partial charge in [-0.15, -0.1) is 0 Å². The van der Waals surface area contributed by atoms with Crippen LogP contribution < -0.4 is 5.32 Å². The van der Waals surface area contributed by atoms with Gasteiger partial charge < -0.3 is 15.5 Å². The number of halogens is 1. The van der Waals surface area contributed by atoms with Crippen LogP contribution in [0.2, 0.25) is 0 Å². The van der Waals surface area contributed by atoms with Crippen LogP contribution in [0, 0.1) is 5.41 Å². The van der Waals surface area contributed by atoms with Crippen LogP contribution in [0.1, 0.15) is 61.6 Å². The second-order valence-electron chi connectivity index (χ2n) is 9.95. The molecule has 3 aromatic rings. The minimum atomic E-state index is -1.38. The Kier molecular flexibility index (Phi) is 6.67. The van der Waals surface area contributed by atoms with Crippen LogP contribution in [0.15, 0.2) is 71.9 Å². The van der Waals surface area contributed by atoms with Crippen LogP contribution >= 0.6 is 11.6 Å². The quantitative estimate of drug-likeness (QED) is 0.449. The van der Waals surface area contributed by atoms with Crippen molar-refractivity contribution in [3.05, 3.63) is 99.8 Å². The van der Waals surface area contributed by atoms with Gasteiger partial charge in [-0.3, -0.25) is 0 Å². The molecule has 2 heterocycles. The van der Waals surface area contributed by atoms with Crippen molar-refractivity contribution >= 4 is 17.7 Å². The molecule has 3 N–H and O–H groups in total. The molecule has 0 spiro atoms. The van der Waals surface area contributed by atoms with Crippen LogP contribution in [0.25, 0.3) is 6.08 Å². The van der Waals surface area contributed by atoms with Crippen LogP contribution in [0.4, 0.5) is 0 Å². The van der Waals surface area contributed by atoms with Gasteiger partial charge in [-0.25, -0.2) is 0 Å². The molecule has 4 rings (SSSR count). The third kappa shape index (κ3) is 4.29. The van der Waals surface area contributed by atoms with E-state index in [2.05, 4.69) is 48.4 Å². The lowest BCUT2D eigenvalue weighted by Gasteiger charge is -2.52. The highest BCUT2D eigenvalue weighted by Crippen LogP contribution is 2.47. The van der Waals surface area contributed by atoms with Crippen LogP contribution in [0.5, 0.6) is 0 Å². The predicted molar refractivity (Wildman–Crippen MR) is 136 cm³/mol. The summed E-state index contributed by atoms with van der Waals surface area (Å²) in [5.74, 6) is 0.405. The van der Waals surface area contributed by atoms with E-state index in [0.29, 0.717) is 35.8 Å². The van der Waals surface area contributed by atoms with Crippen molar-refractivity contribution in [2.75, 3.05) is 13.1 Å². The highest BCUT2D eigenvalue weighted by Gasteiger charge is 2.53. The van der Waals surface area contributed by atoms with Gasteiger partial charge in [-0.1, -0.05) is 87.0 Å². The molecule has 1 aliphatic rings. The number of rotatable bonds is 7. The number of hydrogen-bond donors (Lipinski definition) is 3. The smallest absolute Gasteiger partial charge is 0.124 e. The van der Waals surface area contributed by atoms with Crippen molar-refractivity contribution in [1.29, 1.82) is 0 Å². The SMILES string of the molecule is CC(C)c1ccc([C@](O)(c2cnnc(C=C(Cl)C(C)(O)c3ccccc3)c2)C2(C)CNC2)cc1. The minimum absolute atomic E-state index is 0.214. The predicted octanol–water partition coefficient (Wildman–Crippen LogP) is 4.93. The number of aromatic nitrogens is 2. The molecule has 6 heteroatoms. The second-order valence-corrected chi connectivity index (χ2v) is 10.4. The molecule has 1 aromatic heterocycles. The van der Waals surface area contributed by atoms with Gasteiger partial charge in [0.2, 0.25) is 0 Å². The number of hydrogen-bond acceptors (Lipinski definition) is 5. The van der Waals surface area contributed by atoms with E-state index in [0.717, 1.165) is 5.56 Å². The fraction of sp³-hybridized carbons (Fsp3) is 0.357. The third-order valence-corrected chi connectivity index (χ3v) is 7.54. The van der Waals surface area contributed by atoms with Gasteiger partial charge in [-0.05, 0) is 41.7 Å². The van der Waals surface area contributed by atoms with Crippen molar-refractivity contribution in [3.8, 4) is 0 Å². The van der Waals surface area contributed by atoms with Crippen LogP contribution in [-0.2, 0) is 11.2 Å². The van der Waals surface area contributed by atoms with E-state index in [1.807, 2.05) is 42.5 Å². The van der Waals surface area contributed by atoms with E-state index in [1.54, 1.807) is 25.3 Å². The van der Waals surface area contributed by atoms with Gasteiger partial charge in [-0.2, -0.15) is 10.2 Å². The van der Waals surface area contributed by atoms with Crippen LogP contribution in [0.3, 0.4) is 0 Å². The molecule has 1 fully saturated rings. The molecule has 1 unspecified atom stereocenters. The molecule has 2 atom stereocenters. The topological polar surface area (TPSA) is 78.3 Å². The summed E-state index contributed by atoms with van der Waals surface area (Å²) < 4.78 is 0. The Bertz CT molecular complexity index is 1170. The Morgan fingerprint density at radius 2 is 1.68 bits per heavy atom. The summed E-state index contributed by atoms with van der Waals surface area (Å²) in [6.07, 6.45) is 3.22. The molecule has 0 aliphatic carbocycles. The lowest BCUT2D eigenvalue weighted by atomic mass is 9.63. The van der Waals surface area contributed by atoms with Gasteiger partial charge >= 0.3 is 0 Å². The maximum absolute atomic E-state index is 12.2. The van der Waals surface area contributed by atoms with E-state index in [-0.39, 0.29) is 5.03 Å². The largest absolute Gasteiger partial charge is 0.380 e. The third-order valence-electron chi connectivity index (χ3n) is 7.07. The molecule has 1 aliphatic heterocycles. The van der Waals surface area contributed by atoms with Crippen molar-refractivity contribution in [2.45, 2.75) is 44.8 Å². The summed E-state index contributed by atoms with van der Waals surface area (Å²) in [4.78, 5) is 0. The highest BCUT2D eigenvalue weighted by molar-refractivity contribution is 6.32. The minimum Gasteiger partial charge on any atom is -0.380 e. The first kappa shape index (κ1) is 24.6. The Balaban J connectivity index is 1.76. The molecule has 0 amide bonds. The van der Waals surface area contributed by atoms with Crippen molar-refractivity contribution in [2.24, 2.45) is 5.41 Å². The molecule has 0 radical (unpaired) electrons. The Hall–Kier alpha value is -2.57. The van der Waals surface area contributed by atoms with Crippen LogP contribution in [-0.4, -0.2) is 33.5 Å². The van der Waals surface area contributed by atoms with Crippen molar-refractivity contribution in [1.82, 2.24) is 15.5 Å². The molecule has 2 aromatic carbocycles. The first-order chi connectivity index (χ1) is 16.1. The summed E-state index contributed by atoms with van der Waals surface area (Å²) in [5, 5.41) is 35.2. The number of aliphatic hydroxyl groups is 2. The van der Waals surface area contributed by atoms with E-state index in [4.69, 9.17) is 11.6 Å². The molecule has 0 saturated carbocycles. The zero-order valence-corrected chi connectivity index (χ0v) is 20.8. The molecular formula is C28H32ClN3O2. The highest BCUT2D eigenvalue weighted by atomic mass is 35.5. The second kappa shape index (κ2) is 9.23. The summed E-state index contributed by atoms with van der Waals surface area (Å²) in [6.45, 7) is 9.36. The van der Waals surface area contributed by atoms with Gasteiger partial charge in [0.25, 0.3) is 0 Å². The van der Waals surface area contributed by atoms with E-state index in [1.165, 1.54) is 5.56 Å². The lowest BCUT2D eigenvalue weighted by Crippen LogP contribution is -2.63. The fourth-order valence-electron chi connectivity index (χ4n) is 4.55. The van der Waals surface area contributed by atoms with Gasteiger partial charge in [0.1, 0.15) is 11.2 Å². The molecule has 5 nitrogen and oxygen atoms in total. The molecule has 1 saturated heterocycles. The summed E-state index contributed by atoms with van der Waals surface area (Å²) in [5.41, 5.74) is 0.727. The normalized spacial score (nSPS) is 19.2. The maximum atomic E-state index is 12.2. The summed E-state index contributed by atoms with van der Waals surface area (Å²) in [7, 11) is 0. The first-order valence-corrected chi connectivity index (χ1v) is 12.0. The maximum Gasteiger partial charge on any atom is 0.124 e. The van der Waals surface area contributed by atoms with E-state index in [9.17, 15) is 10.2 Å². The average molecular weight is 478 g/mol. The summed E-state index contributed by atoms with van der Waals surface area (Å²) >= 11 is 6.57. The van der Waals surface area contributed by atoms with Crippen molar-refractivity contribution in [3.63, 3.8) is 0 Å². The van der Waals surface area contributed by atoms with Crippen molar-refractivity contribution < 1.29 is 10.2 Å². The lowest BCUT2D eigenvalue weighted by molar-refractivity contribution is -0.0770. The number of benzene rings is 2. The number of nitrogens with zero attached hydrogens (tertiary/aromatic N) is 2.